The second-order valence-electron chi connectivity index (χ2n) is 7.29. The van der Waals surface area contributed by atoms with Crippen LogP contribution in [0.15, 0.2) is 4.52 Å². The molecule has 2 aliphatic rings. The monoisotopic (exact) mass is 380 g/mol. The first-order valence-electron chi connectivity index (χ1n) is 9.72. The van der Waals surface area contributed by atoms with E-state index in [4.69, 9.17) is 14.4 Å². The largest absolute Gasteiger partial charge is 0.387 e. The number of aliphatic hydroxyl groups is 1. The Morgan fingerprint density at radius 2 is 2.11 bits per heavy atom. The molecule has 0 spiro atoms. The maximum atomic E-state index is 12.5. The molecule has 3 rings (SSSR count). The Morgan fingerprint density at radius 1 is 1.30 bits per heavy atom. The summed E-state index contributed by atoms with van der Waals surface area (Å²) in [6.45, 7) is 2.28. The van der Waals surface area contributed by atoms with E-state index < -0.39 is 12.5 Å². The van der Waals surface area contributed by atoms with Crippen LogP contribution in [0.3, 0.4) is 0 Å². The molecule has 0 radical (unpaired) electrons. The van der Waals surface area contributed by atoms with Crippen LogP contribution < -0.4 is 10.6 Å². The Morgan fingerprint density at radius 3 is 2.81 bits per heavy atom. The van der Waals surface area contributed by atoms with E-state index in [-0.39, 0.29) is 30.5 Å². The normalized spacial score (nSPS) is 25.2. The lowest BCUT2D eigenvalue weighted by Crippen LogP contribution is -2.50. The Hall–Kier alpha value is -2.00. The van der Waals surface area contributed by atoms with Crippen molar-refractivity contribution < 1.29 is 24.0 Å². The molecule has 3 N–H and O–H groups in total. The van der Waals surface area contributed by atoms with Gasteiger partial charge in [-0.25, -0.2) is 0 Å². The number of aromatic nitrogens is 2. The van der Waals surface area contributed by atoms with Gasteiger partial charge in [-0.05, 0) is 38.5 Å². The first kappa shape index (κ1) is 19.8. The molecule has 0 bridgehead atoms. The van der Waals surface area contributed by atoms with Gasteiger partial charge in [-0.1, -0.05) is 12.1 Å². The van der Waals surface area contributed by atoms with Gasteiger partial charge in [0.05, 0.1) is 18.7 Å². The standard InChI is InChI=1S/C18H28N4O5/c1-2-7-26-14-8-12(5-6-13(14)20-16(24)10-23)17(25)19-9-15-21-18(27-22-15)11-3-4-11/h11-14,23H,2-10H2,1H3,(H,19,25)(H,20,24)/t12-,13+,14+/m0/s1. The van der Waals surface area contributed by atoms with Crippen LogP contribution in [0, 0.1) is 5.92 Å². The highest BCUT2D eigenvalue weighted by atomic mass is 16.5. The minimum atomic E-state index is -0.547. The summed E-state index contributed by atoms with van der Waals surface area (Å²) in [4.78, 5) is 28.4. The van der Waals surface area contributed by atoms with Gasteiger partial charge in [0.15, 0.2) is 5.82 Å². The van der Waals surface area contributed by atoms with Gasteiger partial charge in [-0.15, -0.1) is 0 Å². The van der Waals surface area contributed by atoms with Crippen LogP contribution >= 0.6 is 0 Å². The number of rotatable bonds is 9. The van der Waals surface area contributed by atoms with E-state index in [9.17, 15) is 9.59 Å². The van der Waals surface area contributed by atoms with Crippen LogP contribution in [0.1, 0.15) is 63.1 Å². The van der Waals surface area contributed by atoms with Crippen LogP contribution in [0.4, 0.5) is 0 Å². The molecular weight excluding hydrogens is 352 g/mol. The molecule has 27 heavy (non-hydrogen) atoms. The van der Waals surface area contributed by atoms with Gasteiger partial charge in [-0.2, -0.15) is 4.98 Å². The van der Waals surface area contributed by atoms with E-state index in [1.807, 2.05) is 6.92 Å². The van der Waals surface area contributed by atoms with Gasteiger partial charge < -0.3 is 25.0 Å². The van der Waals surface area contributed by atoms with Crippen LogP contribution in [0.25, 0.3) is 0 Å². The van der Waals surface area contributed by atoms with Crippen molar-refractivity contribution in [3.05, 3.63) is 11.7 Å². The summed E-state index contributed by atoms with van der Waals surface area (Å²) in [6.07, 6.45) is 4.60. The maximum absolute atomic E-state index is 12.5. The van der Waals surface area contributed by atoms with Gasteiger partial charge in [0.1, 0.15) is 6.61 Å². The third-order valence-electron chi connectivity index (χ3n) is 5.02. The Labute approximate surface area is 158 Å². The van der Waals surface area contributed by atoms with Crippen LogP contribution in [-0.4, -0.2) is 52.4 Å². The molecule has 1 heterocycles. The predicted octanol–water partition coefficient (Wildman–Crippen LogP) is 0.636. The summed E-state index contributed by atoms with van der Waals surface area (Å²) in [6, 6.07) is -0.182. The molecule has 0 saturated heterocycles. The van der Waals surface area contributed by atoms with Crippen molar-refractivity contribution in [3.63, 3.8) is 0 Å². The minimum Gasteiger partial charge on any atom is -0.387 e. The molecule has 2 aliphatic carbocycles. The molecule has 3 atom stereocenters. The lowest BCUT2D eigenvalue weighted by atomic mass is 9.83. The molecule has 2 fully saturated rings. The van der Waals surface area contributed by atoms with Crippen molar-refractivity contribution in [2.75, 3.05) is 13.2 Å². The van der Waals surface area contributed by atoms with Crippen molar-refractivity contribution in [2.45, 2.75) is 70.1 Å². The highest BCUT2D eigenvalue weighted by Crippen LogP contribution is 2.38. The quantitative estimate of drug-likeness (QED) is 0.574. The topological polar surface area (TPSA) is 127 Å². The lowest BCUT2D eigenvalue weighted by Gasteiger charge is -2.35. The zero-order valence-corrected chi connectivity index (χ0v) is 15.6. The molecule has 150 valence electrons. The highest BCUT2D eigenvalue weighted by molar-refractivity contribution is 5.79. The molecule has 9 heteroatoms. The molecule has 2 amide bonds. The molecule has 0 aliphatic heterocycles. The van der Waals surface area contributed by atoms with E-state index in [1.54, 1.807) is 0 Å². The number of nitrogens with one attached hydrogen (secondary N) is 2. The summed E-state index contributed by atoms with van der Waals surface area (Å²) >= 11 is 0. The molecule has 1 aromatic heterocycles. The lowest BCUT2D eigenvalue weighted by molar-refractivity contribution is -0.130. The smallest absolute Gasteiger partial charge is 0.246 e. The van der Waals surface area contributed by atoms with Crippen LogP contribution in [0.5, 0.6) is 0 Å². The van der Waals surface area contributed by atoms with E-state index in [2.05, 4.69) is 20.8 Å². The molecule has 0 unspecified atom stereocenters. The second-order valence-corrected chi connectivity index (χ2v) is 7.29. The fourth-order valence-corrected chi connectivity index (χ4v) is 3.38. The molecule has 1 aromatic rings. The Bertz CT molecular complexity index is 645. The number of hydrogen-bond acceptors (Lipinski definition) is 7. The van der Waals surface area contributed by atoms with Gasteiger partial charge in [0, 0.05) is 18.4 Å². The Balaban J connectivity index is 1.50. The SMILES string of the molecule is CCCO[C@@H]1C[C@@H](C(=O)NCc2noc(C3CC3)n2)CC[C@H]1NC(=O)CO. The van der Waals surface area contributed by atoms with E-state index in [0.717, 1.165) is 19.3 Å². The first-order valence-corrected chi connectivity index (χ1v) is 9.72. The van der Waals surface area contributed by atoms with E-state index in [1.165, 1.54) is 0 Å². The van der Waals surface area contributed by atoms with E-state index in [0.29, 0.717) is 43.5 Å². The highest BCUT2D eigenvalue weighted by Gasteiger charge is 2.35. The van der Waals surface area contributed by atoms with Gasteiger partial charge in [0.25, 0.3) is 0 Å². The number of hydrogen-bond donors (Lipinski definition) is 3. The van der Waals surface area contributed by atoms with Gasteiger partial charge in [0.2, 0.25) is 17.7 Å². The predicted molar refractivity (Wildman–Crippen MR) is 94.5 cm³/mol. The van der Waals surface area contributed by atoms with Crippen molar-refractivity contribution in [1.82, 2.24) is 20.8 Å². The average molecular weight is 380 g/mol. The fraction of sp³-hybridized carbons (Fsp3) is 0.778. The van der Waals surface area contributed by atoms with Gasteiger partial charge >= 0.3 is 0 Å². The van der Waals surface area contributed by atoms with Crippen molar-refractivity contribution >= 4 is 11.8 Å². The number of aliphatic hydroxyl groups excluding tert-OH is 1. The zero-order chi connectivity index (χ0) is 19.2. The summed E-state index contributed by atoms with van der Waals surface area (Å²) in [7, 11) is 0. The molecule has 2 saturated carbocycles. The number of amides is 2. The minimum absolute atomic E-state index is 0.0650. The molecule has 0 aromatic carbocycles. The number of nitrogens with zero attached hydrogens (tertiary/aromatic N) is 2. The number of ether oxygens (including phenoxy) is 1. The summed E-state index contributed by atoms with van der Waals surface area (Å²) in [5, 5.41) is 18.5. The van der Waals surface area contributed by atoms with Crippen molar-refractivity contribution in [1.29, 1.82) is 0 Å². The van der Waals surface area contributed by atoms with Crippen molar-refractivity contribution in [2.24, 2.45) is 5.92 Å². The third-order valence-corrected chi connectivity index (χ3v) is 5.02. The van der Waals surface area contributed by atoms with Crippen LogP contribution in [0.2, 0.25) is 0 Å². The third kappa shape index (κ3) is 5.49. The first-order chi connectivity index (χ1) is 13.1. The average Bonchev–Trinajstić information content (AvgIpc) is 3.43. The zero-order valence-electron chi connectivity index (χ0n) is 15.6. The molecular formula is C18H28N4O5. The van der Waals surface area contributed by atoms with E-state index >= 15 is 0 Å². The fourth-order valence-electron chi connectivity index (χ4n) is 3.38. The van der Waals surface area contributed by atoms with Crippen molar-refractivity contribution in [3.8, 4) is 0 Å². The number of carbonyl (C=O) groups excluding carboxylic acids is 2. The van der Waals surface area contributed by atoms with Crippen LogP contribution in [-0.2, 0) is 20.9 Å². The van der Waals surface area contributed by atoms with Gasteiger partial charge in [-0.3, -0.25) is 9.59 Å². The summed E-state index contributed by atoms with van der Waals surface area (Å²) in [5.74, 6) is 0.869. The Kier molecular flexibility index (Phi) is 6.78. The molecule has 9 nitrogen and oxygen atoms in total. The summed E-state index contributed by atoms with van der Waals surface area (Å²) in [5.41, 5.74) is 0. The number of carbonyl (C=O) groups is 2. The summed E-state index contributed by atoms with van der Waals surface area (Å²) < 4.78 is 11.1. The second kappa shape index (κ2) is 9.27. The maximum Gasteiger partial charge on any atom is 0.246 e.